The van der Waals surface area contributed by atoms with Gasteiger partial charge in [0.15, 0.2) is 11.8 Å². The van der Waals surface area contributed by atoms with Gasteiger partial charge in [-0.25, -0.2) is 9.67 Å². The predicted molar refractivity (Wildman–Crippen MR) is 129 cm³/mol. The number of aliphatic imine (C=N–C) groups is 1. The lowest BCUT2D eigenvalue weighted by Gasteiger charge is -2.34. The van der Waals surface area contributed by atoms with Crippen molar-refractivity contribution in [2.45, 2.75) is 25.5 Å². The topological polar surface area (TPSA) is 67.6 Å². The number of halogens is 1. The molecular formula is C22H27IN6O. The van der Waals surface area contributed by atoms with Crippen molar-refractivity contribution in [1.29, 1.82) is 0 Å². The number of ether oxygens (including phenoxy) is 1. The summed E-state index contributed by atoms with van der Waals surface area (Å²) in [4.78, 5) is 11.1. The number of benzene rings is 1. The van der Waals surface area contributed by atoms with Gasteiger partial charge >= 0.3 is 0 Å². The van der Waals surface area contributed by atoms with Gasteiger partial charge in [0.25, 0.3) is 0 Å². The van der Waals surface area contributed by atoms with Crippen molar-refractivity contribution in [3.63, 3.8) is 0 Å². The molecular weight excluding hydrogens is 491 g/mol. The maximum absolute atomic E-state index is 6.09. The van der Waals surface area contributed by atoms with E-state index >= 15 is 0 Å². The van der Waals surface area contributed by atoms with Gasteiger partial charge in [-0.05, 0) is 35.9 Å². The van der Waals surface area contributed by atoms with Gasteiger partial charge in [0.2, 0.25) is 0 Å². The predicted octanol–water partition coefficient (Wildman–Crippen LogP) is 3.50. The average molecular weight is 518 g/mol. The molecule has 1 saturated heterocycles. The Kier molecular flexibility index (Phi) is 8.06. The summed E-state index contributed by atoms with van der Waals surface area (Å²) in [5.74, 6) is 2.67. The SMILES string of the molecule is CN=C(NCc1ccnc(-n2cccn2)c1)N1CCC(Oc2ccccc2)CC1.I. The molecule has 0 unspecified atom stereocenters. The molecule has 4 rings (SSSR count). The summed E-state index contributed by atoms with van der Waals surface area (Å²) in [5.41, 5.74) is 1.13. The lowest BCUT2D eigenvalue weighted by atomic mass is 10.1. The Balaban J connectivity index is 0.00000256. The molecule has 0 aliphatic carbocycles. The summed E-state index contributed by atoms with van der Waals surface area (Å²) in [6, 6.07) is 16.0. The zero-order valence-corrected chi connectivity index (χ0v) is 19.3. The van der Waals surface area contributed by atoms with Gasteiger partial charge in [0.1, 0.15) is 11.9 Å². The highest BCUT2D eigenvalue weighted by Gasteiger charge is 2.22. The third kappa shape index (κ3) is 5.71. The Bertz CT molecular complexity index is 924. The van der Waals surface area contributed by atoms with E-state index in [0.717, 1.165) is 49.0 Å². The highest BCUT2D eigenvalue weighted by Crippen LogP contribution is 2.18. The molecule has 0 spiro atoms. The molecule has 7 nitrogen and oxygen atoms in total. The van der Waals surface area contributed by atoms with Crippen LogP contribution in [0.4, 0.5) is 0 Å². The number of likely N-dealkylation sites (tertiary alicyclic amines) is 1. The number of para-hydroxylation sites is 1. The zero-order chi connectivity index (χ0) is 19.9. The number of rotatable bonds is 5. The summed E-state index contributed by atoms with van der Waals surface area (Å²) in [5, 5.41) is 7.71. The molecule has 0 saturated carbocycles. The average Bonchev–Trinajstić information content (AvgIpc) is 3.31. The first-order valence-electron chi connectivity index (χ1n) is 9.94. The van der Waals surface area contributed by atoms with Gasteiger partial charge in [-0.15, -0.1) is 24.0 Å². The Morgan fingerprint density at radius 3 is 2.63 bits per heavy atom. The van der Waals surface area contributed by atoms with E-state index in [-0.39, 0.29) is 30.1 Å². The molecule has 3 aromatic rings. The molecule has 158 valence electrons. The first-order chi connectivity index (χ1) is 14.3. The van der Waals surface area contributed by atoms with Crippen LogP contribution in [0.15, 0.2) is 72.1 Å². The Hall–Kier alpha value is -2.62. The lowest BCUT2D eigenvalue weighted by Crippen LogP contribution is -2.47. The van der Waals surface area contributed by atoms with Crippen LogP contribution in [0.1, 0.15) is 18.4 Å². The molecule has 3 heterocycles. The molecule has 0 bridgehead atoms. The normalized spacial score (nSPS) is 14.8. The van der Waals surface area contributed by atoms with Gasteiger partial charge in [-0.1, -0.05) is 18.2 Å². The number of nitrogens with one attached hydrogen (secondary N) is 1. The second-order valence-electron chi connectivity index (χ2n) is 6.99. The van der Waals surface area contributed by atoms with E-state index in [1.165, 1.54) is 0 Å². The van der Waals surface area contributed by atoms with Gasteiger partial charge < -0.3 is 15.0 Å². The van der Waals surface area contributed by atoms with Crippen LogP contribution < -0.4 is 10.1 Å². The van der Waals surface area contributed by atoms with Crippen molar-refractivity contribution >= 4 is 29.9 Å². The molecule has 8 heteroatoms. The zero-order valence-electron chi connectivity index (χ0n) is 17.0. The van der Waals surface area contributed by atoms with Gasteiger partial charge in [-0.2, -0.15) is 5.10 Å². The fraction of sp³-hybridized carbons (Fsp3) is 0.318. The number of hydrogen-bond acceptors (Lipinski definition) is 4. The quantitative estimate of drug-likeness (QED) is 0.318. The minimum Gasteiger partial charge on any atom is -0.490 e. The molecule has 0 atom stereocenters. The molecule has 1 aromatic carbocycles. The number of pyridine rings is 1. The molecule has 1 aliphatic rings. The van der Waals surface area contributed by atoms with Gasteiger partial charge in [-0.3, -0.25) is 4.99 Å². The van der Waals surface area contributed by atoms with Gasteiger partial charge in [0, 0.05) is 58.1 Å². The van der Waals surface area contributed by atoms with E-state index in [1.807, 2.05) is 68.0 Å². The summed E-state index contributed by atoms with van der Waals surface area (Å²) in [7, 11) is 1.83. The Morgan fingerprint density at radius 1 is 1.13 bits per heavy atom. The van der Waals surface area contributed by atoms with Crippen molar-refractivity contribution in [1.82, 2.24) is 25.0 Å². The van der Waals surface area contributed by atoms with Crippen LogP contribution >= 0.6 is 24.0 Å². The number of nitrogens with zero attached hydrogens (tertiary/aromatic N) is 5. The van der Waals surface area contributed by atoms with E-state index in [0.29, 0.717) is 6.54 Å². The third-order valence-electron chi connectivity index (χ3n) is 5.00. The van der Waals surface area contributed by atoms with E-state index in [2.05, 4.69) is 25.3 Å². The summed E-state index contributed by atoms with van der Waals surface area (Å²) < 4.78 is 7.85. The number of aromatic nitrogens is 3. The summed E-state index contributed by atoms with van der Waals surface area (Å²) in [6.45, 7) is 2.53. The van der Waals surface area contributed by atoms with E-state index < -0.39 is 0 Å². The monoisotopic (exact) mass is 518 g/mol. The number of hydrogen-bond donors (Lipinski definition) is 1. The molecule has 2 aromatic heterocycles. The minimum atomic E-state index is 0. The fourth-order valence-electron chi connectivity index (χ4n) is 3.49. The first-order valence-corrected chi connectivity index (χ1v) is 9.94. The first kappa shape index (κ1) is 22.1. The van der Waals surface area contributed by atoms with Crippen molar-refractivity contribution in [2.75, 3.05) is 20.1 Å². The van der Waals surface area contributed by atoms with Gasteiger partial charge in [0.05, 0.1) is 0 Å². The van der Waals surface area contributed by atoms with Crippen molar-refractivity contribution < 1.29 is 4.74 Å². The van der Waals surface area contributed by atoms with Crippen LogP contribution in [0.5, 0.6) is 5.75 Å². The smallest absolute Gasteiger partial charge is 0.193 e. The standard InChI is InChI=1S/C22H26N6O.HI/c1-23-22(25-17-18-8-12-24-21(16-18)28-13-5-11-26-28)27-14-9-20(10-15-27)29-19-6-3-2-4-7-19;/h2-8,11-13,16,20H,9-10,14-15,17H2,1H3,(H,23,25);1H. The maximum atomic E-state index is 6.09. The largest absolute Gasteiger partial charge is 0.490 e. The maximum Gasteiger partial charge on any atom is 0.193 e. The highest BCUT2D eigenvalue weighted by atomic mass is 127. The molecule has 1 aliphatic heterocycles. The Labute approximate surface area is 194 Å². The van der Waals surface area contributed by atoms with E-state index in [1.54, 1.807) is 10.9 Å². The van der Waals surface area contributed by atoms with Crippen LogP contribution in [-0.4, -0.2) is 51.9 Å². The second-order valence-corrected chi connectivity index (χ2v) is 6.99. The van der Waals surface area contributed by atoms with Crippen LogP contribution in [0, 0.1) is 0 Å². The van der Waals surface area contributed by atoms with Crippen molar-refractivity contribution in [2.24, 2.45) is 4.99 Å². The molecule has 0 amide bonds. The highest BCUT2D eigenvalue weighted by molar-refractivity contribution is 14.0. The van der Waals surface area contributed by atoms with Crippen LogP contribution in [0.3, 0.4) is 0 Å². The minimum absolute atomic E-state index is 0. The molecule has 30 heavy (non-hydrogen) atoms. The lowest BCUT2D eigenvalue weighted by molar-refractivity contribution is 0.129. The Morgan fingerprint density at radius 2 is 1.93 bits per heavy atom. The van der Waals surface area contributed by atoms with Crippen molar-refractivity contribution in [3.8, 4) is 11.6 Å². The third-order valence-corrected chi connectivity index (χ3v) is 5.00. The summed E-state index contributed by atoms with van der Waals surface area (Å²) in [6.07, 6.45) is 7.66. The molecule has 1 N–H and O–H groups in total. The number of guanidine groups is 1. The van der Waals surface area contributed by atoms with E-state index in [4.69, 9.17) is 4.74 Å². The van der Waals surface area contributed by atoms with E-state index in [9.17, 15) is 0 Å². The number of piperidine rings is 1. The van der Waals surface area contributed by atoms with Crippen LogP contribution in [0.25, 0.3) is 5.82 Å². The second kappa shape index (κ2) is 11.0. The van der Waals surface area contributed by atoms with Crippen LogP contribution in [-0.2, 0) is 6.54 Å². The molecule has 1 fully saturated rings. The fourth-order valence-corrected chi connectivity index (χ4v) is 3.49. The van der Waals surface area contributed by atoms with Crippen molar-refractivity contribution in [3.05, 3.63) is 72.7 Å². The summed E-state index contributed by atoms with van der Waals surface area (Å²) >= 11 is 0. The van der Waals surface area contributed by atoms with Crippen LogP contribution in [0.2, 0.25) is 0 Å². The molecule has 0 radical (unpaired) electrons.